The van der Waals surface area contributed by atoms with E-state index in [9.17, 15) is 32.6 Å². The van der Waals surface area contributed by atoms with Gasteiger partial charge in [-0.3, -0.25) is 9.48 Å². The number of hydrogen-bond donors (Lipinski definition) is 2. The lowest BCUT2D eigenvalue weighted by molar-refractivity contribution is -0.140. The van der Waals surface area contributed by atoms with Gasteiger partial charge in [0.1, 0.15) is 12.3 Å². The van der Waals surface area contributed by atoms with Gasteiger partial charge in [0.2, 0.25) is 0 Å². The van der Waals surface area contributed by atoms with E-state index in [0.717, 1.165) is 55.0 Å². The Morgan fingerprint density at radius 2 is 1.77 bits per heavy atom. The molecule has 0 saturated carbocycles. The van der Waals surface area contributed by atoms with Crippen LogP contribution in [0, 0.1) is 0 Å². The number of β-amino-alcohol motifs (C(OH)–C–C–N with tert-alkyl or cyclic N) is 1. The quantitative estimate of drug-likeness (QED) is 0.297. The fourth-order valence-electron chi connectivity index (χ4n) is 6.46. The van der Waals surface area contributed by atoms with E-state index >= 15 is 0 Å². The van der Waals surface area contributed by atoms with E-state index in [1.54, 1.807) is 9.58 Å². The number of aliphatic hydroxyl groups is 2. The summed E-state index contributed by atoms with van der Waals surface area (Å²) in [6, 6.07) is 4.03. The van der Waals surface area contributed by atoms with Gasteiger partial charge in [0.15, 0.2) is 0 Å². The van der Waals surface area contributed by atoms with Crippen LogP contribution in [0.2, 0.25) is 0 Å². The van der Waals surface area contributed by atoms with Gasteiger partial charge in [-0.05, 0) is 57.8 Å². The van der Waals surface area contributed by atoms with Crippen molar-refractivity contribution in [2.75, 3.05) is 51.6 Å². The number of aromatic nitrogens is 2. The molecule has 3 aliphatic rings. The SMILES string of the molecule is C[C@H](O)C(=O)N1CCc2c(c(-c3ccc(C(F)(F)F)c(SCCN4CCC(F)CC4)c3)nn2CC(O)CN2CCCCC2)C1. The standard InChI is InChI=1S/C31H43F4N5O3S/c1-21(41)30(43)39-14-9-27-25(20-39)29(36-40(27)19-24(42)18-38-10-3-2-4-11-38)22-5-6-26(31(33,34)35)28(17-22)44-16-15-37-12-7-23(32)8-13-37/h5-6,17,21,23-24,41-42H,2-4,7-16,18-20H2,1H3/t21-,24?/m0/s1. The zero-order chi connectivity index (χ0) is 31.4. The number of halogens is 4. The zero-order valence-corrected chi connectivity index (χ0v) is 26.1. The van der Waals surface area contributed by atoms with E-state index in [4.69, 9.17) is 5.10 Å². The molecule has 1 aromatic heterocycles. The Morgan fingerprint density at radius 1 is 1.05 bits per heavy atom. The molecule has 13 heteroatoms. The van der Waals surface area contributed by atoms with Crippen molar-refractivity contribution in [3.8, 4) is 11.3 Å². The van der Waals surface area contributed by atoms with Gasteiger partial charge in [-0.25, -0.2) is 4.39 Å². The lowest BCUT2D eigenvalue weighted by Crippen LogP contribution is -2.42. The third kappa shape index (κ3) is 8.14. The average Bonchev–Trinajstić information content (AvgIpc) is 3.34. The minimum Gasteiger partial charge on any atom is -0.390 e. The first-order valence-electron chi connectivity index (χ1n) is 15.7. The first-order chi connectivity index (χ1) is 21.0. The summed E-state index contributed by atoms with van der Waals surface area (Å²) in [6.45, 7) is 6.36. The number of carbonyl (C=O) groups is 1. The molecule has 5 rings (SSSR count). The smallest absolute Gasteiger partial charge is 0.390 e. The number of carbonyl (C=O) groups excluding carboxylic acids is 1. The minimum absolute atomic E-state index is 0.0940. The van der Waals surface area contributed by atoms with Gasteiger partial charge < -0.3 is 24.9 Å². The van der Waals surface area contributed by atoms with E-state index < -0.39 is 36.0 Å². The number of nitrogens with zero attached hydrogens (tertiary/aromatic N) is 5. The lowest BCUT2D eigenvalue weighted by atomic mass is 9.99. The van der Waals surface area contributed by atoms with Crippen molar-refractivity contribution in [2.24, 2.45) is 0 Å². The predicted molar refractivity (Wildman–Crippen MR) is 161 cm³/mol. The van der Waals surface area contributed by atoms with Gasteiger partial charge in [0, 0.05) is 73.2 Å². The van der Waals surface area contributed by atoms with Crippen molar-refractivity contribution in [1.82, 2.24) is 24.5 Å². The fraction of sp³-hybridized carbons (Fsp3) is 0.677. The van der Waals surface area contributed by atoms with Crippen molar-refractivity contribution in [3.05, 3.63) is 35.0 Å². The van der Waals surface area contributed by atoms with Crippen molar-refractivity contribution < 1.29 is 32.6 Å². The van der Waals surface area contributed by atoms with Gasteiger partial charge in [0.05, 0.1) is 23.9 Å². The van der Waals surface area contributed by atoms with Crippen LogP contribution in [-0.2, 0) is 30.5 Å². The van der Waals surface area contributed by atoms with Crippen LogP contribution in [-0.4, -0.2) is 111 Å². The molecule has 2 saturated heterocycles. The van der Waals surface area contributed by atoms with Crippen LogP contribution < -0.4 is 0 Å². The van der Waals surface area contributed by atoms with Crippen LogP contribution >= 0.6 is 11.8 Å². The van der Waals surface area contributed by atoms with Gasteiger partial charge in [-0.1, -0.05) is 12.5 Å². The summed E-state index contributed by atoms with van der Waals surface area (Å²) >= 11 is 1.13. The Labute approximate surface area is 260 Å². The highest BCUT2D eigenvalue weighted by molar-refractivity contribution is 7.99. The molecule has 1 aromatic carbocycles. The Morgan fingerprint density at radius 3 is 2.45 bits per heavy atom. The molecule has 2 N–H and O–H groups in total. The normalized spacial score (nSPS) is 20.5. The highest BCUT2D eigenvalue weighted by Gasteiger charge is 2.35. The molecule has 44 heavy (non-hydrogen) atoms. The first-order valence-corrected chi connectivity index (χ1v) is 16.6. The number of thioether (sulfide) groups is 1. The van der Waals surface area contributed by atoms with Crippen molar-refractivity contribution in [1.29, 1.82) is 0 Å². The second kappa shape index (κ2) is 14.5. The van der Waals surface area contributed by atoms with Gasteiger partial charge in [-0.15, -0.1) is 11.8 Å². The molecule has 1 unspecified atom stereocenters. The summed E-state index contributed by atoms with van der Waals surface area (Å²) < 4.78 is 57.4. The molecular weight excluding hydrogens is 598 g/mol. The molecule has 244 valence electrons. The molecule has 3 aliphatic heterocycles. The van der Waals surface area contributed by atoms with E-state index in [0.29, 0.717) is 69.0 Å². The number of likely N-dealkylation sites (tertiary alicyclic amines) is 2. The second-order valence-electron chi connectivity index (χ2n) is 12.2. The predicted octanol–water partition coefficient (Wildman–Crippen LogP) is 4.21. The topological polar surface area (TPSA) is 85.1 Å². The van der Waals surface area contributed by atoms with Crippen LogP contribution in [0.25, 0.3) is 11.3 Å². The molecule has 0 spiro atoms. The number of amides is 1. The fourth-order valence-corrected chi connectivity index (χ4v) is 7.58. The van der Waals surface area contributed by atoms with Gasteiger partial charge in [0.25, 0.3) is 5.91 Å². The Balaban J connectivity index is 1.42. The molecular formula is C31H43F4N5O3S. The molecule has 0 radical (unpaired) electrons. The van der Waals surface area contributed by atoms with Crippen LogP contribution in [0.3, 0.4) is 0 Å². The number of alkyl halides is 4. The molecule has 0 bridgehead atoms. The Bertz CT molecular complexity index is 1280. The van der Waals surface area contributed by atoms with E-state index in [-0.39, 0.29) is 18.0 Å². The molecule has 1 amide bonds. The molecule has 8 nitrogen and oxygen atoms in total. The monoisotopic (exact) mass is 641 g/mol. The Hall–Kier alpha value is -2.19. The highest BCUT2D eigenvalue weighted by atomic mass is 32.2. The van der Waals surface area contributed by atoms with Crippen LogP contribution in [0.1, 0.15) is 55.8 Å². The number of fused-ring (bicyclic) bond motifs is 1. The number of piperidine rings is 2. The van der Waals surface area contributed by atoms with Gasteiger partial charge in [-0.2, -0.15) is 18.3 Å². The maximum absolute atomic E-state index is 14.1. The number of hydrogen-bond acceptors (Lipinski definition) is 7. The molecule has 2 fully saturated rings. The lowest BCUT2D eigenvalue weighted by Gasteiger charge is -2.30. The maximum Gasteiger partial charge on any atom is 0.417 e. The third-order valence-electron chi connectivity index (χ3n) is 8.85. The van der Waals surface area contributed by atoms with Crippen molar-refractivity contribution in [3.63, 3.8) is 0 Å². The number of aliphatic hydroxyl groups excluding tert-OH is 2. The van der Waals surface area contributed by atoms with Crippen LogP contribution in [0.4, 0.5) is 17.6 Å². The second-order valence-corrected chi connectivity index (χ2v) is 13.4. The Kier molecular flexibility index (Phi) is 10.9. The summed E-state index contributed by atoms with van der Waals surface area (Å²) in [7, 11) is 0. The molecule has 2 atom stereocenters. The summed E-state index contributed by atoms with van der Waals surface area (Å²) in [5.41, 5.74) is 1.84. The minimum atomic E-state index is -4.54. The third-order valence-corrected chi connectivity index (χ3v) is 9.88. The van der Waals surface area contributed by atoms with Crippen LogP contribution in [0.15, 0.2) is 23.1 Å². The van der Waals surface area contributed by atoms with Gasteiger partial charge >= 0.3 is 6.18 Å². The number of benzene rings is 1. The first kappa shape index (κ1) is 33.2. The number of rotatable bonds is 10. The zero-order valence-electron chi connectivity index (χ0n) is 25.2. The van der Waals surface area contributed by atoms with E-state index in [1.165, 1.54) is 25.5 Å². The van der Waals surface area contributed by atoms with Crippen molar-refractivity contribution >= 4 is 17.7 Å². The maximum atomic E-state index is 14.1. The molecule has 0 aliphatic carbocycles. The summed E-state index contributed by atoms with van der Waals surface area (Å²) in [5.74, 6) is 0.00926. The van der Waals surface area contributed by atoms with Crippen LogP contribution in [0.5, 0.6) is 0 Å². The molecule has 4 heterocycles. The van der Waals surface area contributed by atoms with E-state index in [2.05, 4.69) is 9.80 Å². The summed E-state index contributed by atoms with van der Waals surface area (Å²) in [5, 5.41) is 25.8. The summed E-state index contributed by atoms with van der Waals surface area (Å²) in [4.78, 5) is 18.7. The largest absolute Gasteiger partial charge is 0.417 e. The highest BCUT2D eigenvalue weighted by Crippen LogP contribution is 2.40. The summed E-state index contributed by atoms with van der Waals surface area (Å²) in [6.07, 6.45) is -2.45. The van der Waals surface area contributed by atoms with Crippen molar-refractivity contribution in [2.45, 2.75) is 88.0 Å². The average molecular weight is 642 g/mol. The van der Waals surface area contributed by atoms with E-state index in [1.807, 2.05) is 0 Å². The molecule has 2 aromatic rings.